The maximum atomic E-state index is 12.4. The highest BCUT2D eigenvalue weighted by Crippen LogP contribution is 2.24. The van der Waals surface area contributed by atoms with Gasteiger partial charge in [0.1, 0.15) is 0 Å². The summed E-state index contributed by atoms with van der Waals surface area (Å²) in [5.41, 5.74) is 2.78. The predicted molar refractivity (Wildman–Crippen MR) is 124 cm³/mol. The van der Waals surface area contributed by atoms with E-state index in [4.69, 9.17) is 11.6 Å². The Kier molecular flexibility index (Phi) is 6.96. The zero-order chi connectivity index (χ0) is 21.5. The number of amides is 1. The molecule has 0 fully saturated rings. The molecule has 6 nitrogen and oxygen atoms in total. The van der Waals surface area contributed by atoms with E-state index < -0.39 is 0 Å². The monoisotopic (exact) mass is 449 g/mol. The number of aromatic nitrogens is 4. The molecule has 1 amide bonds. The molecule has 2 heterocycles. The zero-order valence-electron chi connectivity index (χ0n) is 16.6. The quantitative estimate of drug-likeness (QED) is 0.384. The highest BCUT2D eigenvalue weighted by molar-refractivity contribution is 7.99. The van der Waals surface area contributed by atoms with Crippen molar-refractivity contribution in [3.8, 4) is 11.4 Å². The Morgan fingerprint density at radius 3 is 2.68 bits per heavy atom. The molecule has 0 aliphatic heterocycles. The van der Waals surface area contributed by atoms with Crippen LogP contribution in [0.3, 0.4) is 0 Å². The molecule has 0 unspecified atom stereocenters. The van der Waals surface area contributed by atoms with Crippen LogP contribution in [0.4, 0.5) is 5.69 Å². The molecule has 0 atom stereocenters. The van der Waals surface area contributed by atoms with Crippen LogP contribution in [0.5, 0.6) is 0 Å². The van der Waals surface area contributed by atoms with Crippen LogP contribution in [0.2, 0.25) is 5.02 Å². The first-order chi connectivity index (χ1) is 15.2. The Labute approximate surface area is 189 Å². The molecule has 0 spiro atoms. The summed E-state index contributed by atoms with van der Waals surface area (Å²) in [4.78, 5) is 16.6. The summed E-state index contributed by atoms with van der Waals surface area (Å²) in [6.45, 7) is 0.694. The molecule has 0 saturated carbocycles. The van der Waals surface area contributed by atoms with Crippen molar-refractivity contribution in [2.45, 2.75) is 18.1 Å². The number of hydrogen-bond acceptors (Lipinski definition) is 5. The molecule has 8 heteroatoms. The van der Waals surface area contributed by atoms with Gasteiger partial charge in [0.05, 0.1) is 5.75 Å². The third-order valence-corrected chi connectivity index (χ3v) is 5.75. The second kappa shape index (κ2) is 10.2. The summed E-state index contributed by atoms with van der Waals surface area (Å²) in [6.07, 6.45) is 4.32. The smallest absolute Gasteiger partial charge is 0.234 e. The molecule has 0 radical (unpaired) electrons. The molecule has 0 aliphatic carbocycles. The van der Waals surface area contributed by atoms with Gasteiger partial charge in [-0.25, -0.2) is 0 Å². The molecule has 2 aromatic carbocycles. The molecule has 4 rings (SSSR count). The van der Waals surface area contributed by atoms with Gasteiger partial charge in [0.25, 0.3) is 0 Å². The fourth-order valence-electron chi connectivity index (χ4n) is 3.08. The number of halogens is 1. The van der Waals surface area contributed by atoms with E-state index in [1.54, 1.807) is 36.7 Å². The first-order valence-electron chi connectivity index (χ1n) is 9.75. The van der Waals surface area contributed by atoms with Gasteiger partial charge in [0.2, 0.25) is 5.91 Å². The standard InChI is InChI=1S/C23H20ClN5OS/c24-19-9-4-10-20(14-19)26-21(30)16-31-23-28-27-22(18-8-5-12-25-15-18)29(23)13-11-17-6-2-1-3-7-17/h1-10,12,14-15H,11,13,16H2,(H,26,30). The highest BCUT2D eigenvalue weighted by atomic mass is 35.5. The predicted octanol–water partition coefficient (Wildman–Crippen LogP) is 4.97. The van der Waals surface area contributed by atoms with Gasteiger partial charge in [0, 0.05) is 35.2 Å². The van der Waals surface area contributed by atoms with Crippen LogP contribution >= 0.6 is 23.4 Å². The summed E-state index contributed by atoms with van der Waals surface area (Å²) in [5.74, 6) is 0.817. The van der Waals surface area contributed by atoms with Gasteiger partial charge in [-0.05, 0) is 42.3 Å². The van der Waals surface area contributed by atoms with Crippen LogP contribution in [-0.2, 0) is 17.8 Å². The van der Waals surface area contributed by atoms with E-state index in [1.807, 2.05) is 34.9 Å². The molecule has 31 heavy (non-hydrogen) atoms. The van der Waals surface area contributed by atoms with Crippen molar-refractivity contribution in [1.82, 2.24) is 19.7 Å². The van der Waals surface area contributed by atoms with Crippen molar-refractivity contribution >= 4 is 35.0 Å². The van der Waals surface area contributed by atoms with Crippen LogP contribution in [0.25, 0.3) is 11.4 Å². The second-order valence-corrected chi connectivity index (χ2v) is 8.16. The summed E-state index contributed by atoms with van der Waals surface area (Å²) >= 11 is 7.34. The van der Waals surface area contributed by atoms with Crippen molar-refractivity contribution in [1.29, 1.82) is 0 Å². The first kappa shape index (κ1) is 21.1. The number of anilines is 1. The van der Waals surface area contributed by atoms with Crippen molar-refractivity contribution < 1.29 is 4.79 Å². The number of aryl methyl sites for hydroxylation is 1. The van der Waals surface area contributed by atoms with E-state index in [1.165, 1.54) is 17.3 Å². The van der Waals surface area contributed by atoms with E-state index in [0.29, 0.717) is 22.4 Å². The molecule has 156 valence electrons. The fraction of sp³-hybridized carbons (Fsp3) is 0.130. The van der Waals surface area contributed by atoms with E-state index in [-0.39, 0.29) is 11.7 Å². The molecule has 4 aromatic rings. The van der Waals surface area contributed by atoms with Crippen molar-refractivity contribution in [3.63, 3.8) is 0 Å². The van der Waals surface area contributed by atoms with Gasteiger partial charge < -0.3 is 9.88 Å². The summed E-state index contributed by atoms with van der Waals surface area (Å²) < 4.78 is 2.04. The zero-order valence-corrected chi connectivity index (χ0v) is 18.2. The Balaban J connectivity index is 1.49. The lowest BCUT2D eigenvalue weighted by molar-refractivity contribution is -0.113. The van der Waals surface area contributed by atoms with Crippen LogP contribution in [0.1, 0.15) is 5.56 Å². The summed E-state index contributed by atoms with van der Waals surface area (Å²) in [7, 11) is 0. The van der Waals surface area contributed by atoms with E-state index in [9.17, 15) is 4.79 Å². The van der Waals surface area contributed by atoms with Gasteiger partial charge in [-0.15, -0.1) is 10.2 Å². The number of thioether (sulfide) groups is 1. The Bertz CT molecular complexity index is 1150. The Hall–Kier alpha value is -3.16. The van der Waals surface area contributed by atoms with E-state index in [2.05, 4.69) is 32.6 Å². The number of pyridine rings is 1. The molecule has 0 bridgehead atoms. The molecule has 0 saturated heterocycles. The molecule has 2 aromatic heterocycles. The number of carbonyl (C=O) groups excluding carboxylic acids is 1. The van der Waals surface area contributed by atoms with Crippen LogP contribution in [0, 0.1) is 0 Å². The largest absolute Gasteiger partial charge is 0.325 e. The number of rotatable bonds is 8. The van der Waals surface area contributed by atoms with Gasteiger partial charge >= 0.3 is 0 Å². The average molecular weight is 450 g/mol. The normalized spacial score (nSPS) is 10.7. The maximum absolute atomic E-state index is 12.4. The van der Waals surface area contributed by atoms with Gasteiger partial charge in [-0.1, -0.05) is 59.8 Å². The summed E-state index contributed by atoms with van der Waals surface area (Å²) in [5, 5.41) is 12.8. The van der Waals surface area contributed by atoms with Gasteiger partial charge in [-0.3, -0.25) is 9.78 Å². The maximum Gasteiger partial charge on any atom is 0.234 e. The number of carbonyl (C=O) groups is 1. The molecular formula is C23H20ClN5OS. The lowest BCUT2D eigenvalue weighted by atomic mass is 10.1. The van der Waals surface area contributed by atoms with Crippen LogP contribution in [0.15, 0.2) is 84.3 Å². The third-order valence-electron chi connectivity index (χ3n) is 4.54. The lowest BCUT2D eigenvalue weighted by Gasteiger charge is -2.10. The van der Waals surface area contributed by atoms with Crippen molar-refractivity contribution in [2.24, 2.45) is 0 Å². The Morgan fingerprint density at radius 1 is 1.03 bits per heavy atom. The minimum Gasteiger partial charge on any atom is -0.325 e. The highest BCUT2D eigenvalue weighted by Gasteiger charge is 2.16. The lowest BCUT2D eigenvalue weighted by Crippen LogP contribution is -2.15. The van der Waals surface area contributed by atoms with Crippen LogP contribution in [-0.4, -0.2) is 31.4 Å². The van der Waals surface area contributed by atoms with E-state index in [0.717, 1.165) is 17.8 Å². The van der Waals surface area contributed by atoms with Crippen molar-refractivity contribution in [2.75, 3.05) is 11.1 Å². The van der Waals surface area contributed by atoms with Gasteiger partial charge in [0.15, 0.2) is 11.0 Å². The molecule has 0 aliphatic rings. The number of nitrogens with zero attached hydrogens (tertiary/aromatic N) is 4. The third kappa shape index (κ3) is 5.71. The second-order valence-electron chi connectivity index (χ2n) is 6.78. The number of nitrogens with one attached hydrogen (secondary N) is 1. The van der Waals surface area contributed by atoms with E-state index >= 15 is 0 Å². The number of benzene rings is 2. The molecule has 1 N–H and O–H groups in total. The molecular weight excluding hydrogens is 430 g/mol. The average Bonchev–Trinajstić information content (AvgIpc) is 3.20. The number of hydrogen-bond donors (Lipinski definition) is 1. The first-order valence-corrected chi connectivity index (χ1v) is 11.1. The Morgan fingerprint density at radius 2 is 1.90 bits per heavy atom. The minimum absolute atomic E-state index is 0.132. The minimum atomic E-state index is -0.132. The van der Waals surface area contributed by atoms with Gasteiger partial charge in [-0.2, -0.15) is 0 Å². The summed E-state index contributed by atoms with van der Waals surface area (Å²) in [6, 6.07) is 21.2. The topological polar surface area (TPSA) is 72.7 Å². The van der Waals surface area contributed by atoms with Crippen LogP contribution < -0.4 is 5.32 Å². The van der Waals surface area contributed by atoms with Crippen molar-refractivity contribution in [3.05, 3.63) is 89.7 Å². The SMILES string of the molecule is O=C(CSc1nnc(-c2cccnc2)n1CCc1ccccc1)Nc1cccc(Cl)c1. The fourth-order valence-corrected chi connectivity index (χ4v) is 4.04.